The summed E-state index contributed by atoms with van der Waals surface area (Å²) in [5.74, 6) is -0.209. The first-order valence-corrected chi connectivity index (χ1v) is 8.04. The highest BCUT2D eigenvalue weighted by atomic mass is 16.3. The summed E-state index contributed by atoms with van der Waals surface area (Å²) in [6.07, 6.45) is 0.602. The number of furan rings is 1. The Morgan fingerprint density at radius 1 is 0.920 bits per heavy atom. The van der Waals surface area contributed by atoms with Crippen LogP contribution in [0.1, 0.15) is 27.3 Å². The van der Waals surface area contributed by atoms with Crippen molar-refractivity contribution >= 4 is 28.5 Å². The quantitative estimate of drug-likeness (QED) is 0.476. The summed E-state index contributed by atoms with van der Waals surface area (Å²) in [6, 6.07) is 16.1. The van der Waals surface area contributed by atoms with Gasteiger partial charge >= 0.3 is 0 Å². The zero-order valence-corrected chi connectivity index (χ0v) is 13.6. The van der Waals surface area contributed by atoms with E-state index in [1.165, 1.54) is 0 Å². The molecular formula is C19H19N3O3. The molecule has 2 amide bonds. The van der Waals surface area contributed by atoms with Gasteiger partial charge in [0.25, 0.3) is 11.8 Å². The number of benzene rings is 2. The standard InChI is InChI=1S/C19H19N3O3/c20-15-8-3-2-7-14(15)18(23)21-10-5-11-22-19(24)17-12-13-6-1-4-9-16(13)25-17/h1-4,6-9,12H,5,10-11,20H2,(H,21,23)(H,22,24). The van der Waals surface area contributed by atoms with Crippen LogP contribution in [0.25, 0.3) is 11.0 Å². The van der Waals surface area contributed by atoms with Crippen molar-refractivity contribution in [2.24, 2.45) is 0 Å². The smallest absolute Gasteiger partial charge is 0.287 e. The molecule has 0 saturated heterocycles. The average molecular weight is 337 g/mol. The molecule has 4 N–H and O–H groups in total. The number of carbonyl (C=O) groups excluding carboxylic acids is 2. The van der Waals surface area contributed by atoms with Crippen LogP contribution >= 0.6 is 0 Å². The molecule has 1 heterocycles. The van der Waals surface area contributed by atoms with E-state index in [0.717, 1.165) is 5.39 Å². The van der Waals surface area contributed by atoms with Gasteiger partial charge in [-0.15, -0.1) is 0 Å². The Morgan fingerprint density at radius 3 is 2.36 bits per heavy atom. The summed E-state index contributed by atoms with van der Waals surface area (Å²) in [5.41, 5.74) is 7.34. The van der Waals surface area contributed by atoms with E-state index in [1.54, 1.807) is 30.3 Å². The number of amides is 2. The molecule has 0 fully saturated rings. The Balaban J connectivity index is 1.43. The van der Waals surface area contributed by atoms with Gasteiger partial charge in [-0.1, -0.05) is 30.3 Å². The van der Waals surface area contributed by atoms with Gasteiger partial charge in [0.15, 0.2) is 5.76 Å². The van der Waals surface area contributed by atoms with E-state index >= 15 is 0 Å². The van der Waals surface area contributed by atoms with E-state index in [2.05, 4.69) is 10.6 Å². The Labute approximate surface area is 145 Å². The van der Waals surface area contributed by atoms with Crippen molar-refractivity contribution in [2.75, 3.05) is 18.8 Å². The minimum absolute atomic E-state index is 0.221. The number of nitrogens with one attached hydrogen (secondary N) is 2. The van der Waals surface area contributed by atoms with Crippen molar-refractivity contribution in [3.63, 3.8) is 0 Å². The lowest BCUT2D eigenvalue weighted by atomic mass is 10.1. The average Bonchev–Trinajstić information content (AvgIpc) is 3.05. The van der Waals surface area contributed by atoms with Crippen molar-refractivity contribution in [1.82, 2.24) is 10.6 Å². The number of rotatable bonds is 6. The van der Waals surface area contributed by atoms with Gasteiger partial charge in [0.1, 0.15) is 5.58 Å². The molecule has 6 heteroatoms. The highest BCUT2D eigenvalue weighted by molar-refractivity contribution is 5.99. The SMILES string of the molecule is Nc1ccccc1C(=O)NCCCNC(=O)c1cc2ccccc2o1. The molecule has 0 atom stereocenters. The predicted molar refractivity (Wildman–Crippen MR) is 96.4 cm³/mol. The van der Waals surface area contributed by atoms with Crippen molar-refractivity contribution in [2.45, 2.75) is 6.42 Å². The number of nitrogens with two attached hydrogens (primary N) is 1. The Morgan fingerprint density at radius 2 is 1.60 bits per heavy atom. The van der Waals surface area contributed by atoms with E-state index in [0.29, 0.717) is 36.3 Å². The van der Waals surface area contributed by atoms with Crippen LogP contribution < -0.4 is 16.4 Å². The molecule has 0 radical (unpaired) electrons. The summed E-state index contributed by atoms with van der Waals surface area (Å²) < 4.78 is 5.50. The minimum Gasteiger partial charge on any atom is -0.451 e. The number of hydrogen-bond donors (Lipinski definition) is 3. The lowest BCUT2D eigenvalue weighted by molar-refractivity contribution is 0.0927. The van der Waals surface area contributed by atoms with Gasteiger partial charge in [-0.25, -0.2) is 0 Å². The van der Waals surface area contributed by atoms with Gasteiger partial charge in [0.2, 0.25) is 0 Å². The number of anilines is 1. The third-order valence-electron chi connectivity index (χ3n) is 3.78. The normalized spacial score (nSPS) is 10.6. The number of fused-ring (bicyclic) bond motifs is 1. The Bertz CT molecular complexity index is 869. The summed E-state index contributed by atoms with van der Waals surface area (Å²) in [5, 5.41) is 6.45. The predicted octanol–water partition coefficient (Wildman–Crippen LogP) is 2.56. The largest absolute Gasteiger partial charge is 0.451 e. The number of nitrogen functional groups attached to an aromatic ring is 1. The van der Waals surface area contributed by atoms with Gasteiger partial charge < -0.3 is 20.8 Å². The van der Waals surface area contributed by atoms with E-state index in [1.807, 2.05) is 24.3 Å². The fraction of sp³-hybridized carbons (Fsp3) is 0.158. The van der Waals surface area contributed by atoms with E-state index in [9.17, 15) is 9.59 Å². The molecule has 128 valence electrons. The molecule has 0 saturated carbocycles. The Hall–Kier alpha value is -3.28. The van der Waals surface area contributed by atoms with Crippen LogP contribution in [0.3, 0.4) is 0 Å². The molecular weight excluding hydrogens is 318 g/mol. The first-order valence-electron chi connectivity index (χ1n) is 8.04. The molecule has 25 heavy (non-hydrogen) atoms. The zero-order valence-electron chi connectivity index (χ0n) is 13.6. The molecule has 0 bridgehead atoms. The molecule has 1 aromatic heterocycles. The maximum absolute atomic E-state index is 12.1. The van der Waals surface area contributed by atoms with Crippen LogP contribution in [0, 0.1) is 0 Å². The van der Waals surface area contributed by atoms with Crippen LogP contribution in [0.5, 0.6) is 0 Å². The van der Waals surface area contributed by atoms with E-state index in [-0.39, 0.29) is 17.6 Å². The van der Waals surface area contributed by atoms with Gasteiger partial charge in [0.05, 0.1) is 5.56 Å². The molecule has 0 aliphatic carbocycles. The van der Waals surface area contributed by atoms with E-state index in [4.69, 9.17) is 10.2 Å². The van der Waals surface area contributed by atoms with Crippen LogP contribution in [0.15, 0.2) is 59.0 Å². The fourth-order valence-corrected chi connectivity index (χ4v) is 2.47. The fourth-order valence-electron chi connectivity index (χ4n) is 2.47. The number of para-hydroxylation sites is 2. The first-order chi connectivity index (χ1) is 12.1. The second-order valence-electron chi connectivity index (χ2n) is 5.60. The van der Waals surface area contributed by atoms with Crippen LogP contribution in [0.2, 0.25) is 0 Å². The van der Waals surface area contributed by atoms with Crippen molar-refractivity contribution < 1.29 is 14.0 Å². The minimum atomic E-state index is -0.269. The third kappa shape index (κ3) is 3.98. The van der Waals surface area contributed by atoms with Crippen molar-refractivity contribution in [3.8, 4) is 0 Å². The molecule has 2 aromatic carbocycles. The lowest BCUT2D eigenvalue weighted by Crippen LogP contribution is -2.30. The Kier molecular flexibility index (Phi) is 4.99. The number of carbonyl (C=O) groups is 2. The highest BCUT2D eigenvalue weighted by Gasteiger charge is 2.11. The van der Waals surface area contributed by atoms with Gasteiger partial charge in [-0.05, 0) is 30.7 Å². The molecule has 6 nitrogen and oxygen atoms in total. The summed E-state index contributed by atoms with van der Waals surface area (Å²) in [7, 11) is 0. The summed E-state index contributed by atoms with van der Waals surface area (Å²) >= 11 is 0. The second kappa shape index (κ2) is 7.53. The third-order valence-corrected chi connectivity index (χ3v) is 3.78. The van der Waals surface area contributed by atoms with Crippen molar-refractivity contribution in [3.05, 3.63) is 65.9 Å². The summed E-state index contributed by atoms with van der Waals surface area (Å²) in [6.45, 7) is 0.869. The first kappa shape index (κ1) is 16.6. The van der Waals surface area contributed by atoms with Crippen LogP contribution in [0.4, 0.5) is 5.69 Å². The van der Waals surface area contributed by atoms with E-state index < -0.39 is 0 Å². The van der Waals surface area contributed by atoms with Gasteiger partial charge in [-0.3, -0.25) is 9.59 Å². The van der Waals surface area contributed by atoms with Crippen LogP contribution in [-0.2, 0) is 0 Å². The maximum Gasteiger partial charge on any atom is 0.287 e. The molecule has 0 aliphatic rings. The van der Waals surface area contributed by atoms with Crippen LogP contribution in [-0.4, -0.2) is 24.9 Å². The zero-order chi connectivity index (χ0) is 17.6. The molecule has 0 unspecified atom stereocenters. The molecule has 0 spiro atoms. The maximum atomic E-state index is 12.1. The molecule has 3 aromatic rings. The summed E-state index contributed by atoms with van der Waals surface area (Å²) in [4.78, 5) is 24.1. The monoisotopic (exact) mass is 337 g/mol. The molecule has 0 aliphatic heterocycles. The number of hydrogen-bond acceptors (Lipinski definition) is 4. The topological polar surface area (TPSA) is 97.4 Å². The van der Waals surface area contributed by atoms with Gasteiger partial charge in [-0.2, -0.15) is 0 Å². The lowest BCUT2D eigenvalue weighted by Gasteiger charge is -2.07. The highest BCUT2D eigenvalue weighted by Crippen LogP contribution is 2.18. The van der Waals surface area contributed by atoms with Gasteiger partial charge in [0, 0.05) is 24.2 Å². The molecule has 3 rings (SSSR count). The second-order valence-corrected chi connectivity index (χ2v) is 5.60. The van der Waals surface area contributed by atoms with Crippen molar-refractivity contribution in [1.29, 1.82) is 0 Å².